The number of benzene rings is 2. The molecule has 4 aromatic rings. The highest BCUT2D eigenvalue weighted by molar-refractivity contribution is 9.10. The molecule has 0 aliphatic heterocycles. The normalized spacial score (nSPS) is 11.0. The first-order valence-electron chi connectivity index (χ1n) is 10.6. The number of rotatable bonds is 6. The van der Waals surface area contributed by atoms with Crippen LogP contribution in [0.3, 0.4) is 0 Å². The Balaban J connectivity index is 1.85. The van der Waals surface area contributed by atoms with Gasteiger partial charge in [0.15, 0.2) is 0 Å². The van der Waals surface area contributed by atoms with Gasteiger partial charge >= 0.3 is 0 Å². The fraction of sp³-hybridized carbons (Fsp3) is 0.231. The van der Waals surface area contributed by atoms with Gasteiger partial charge in [-0.15, -0.1) is 0 Å². The molecule has 4 rings (SSSR count). The maximum absolute atomic E-state index is 13.5. The minimum absolute atomic E-state index is 0.243. The third kappa shape index (κ3) is 3.69. The molecule has 0 aliphatic carbocycles. The fourth-order valence-electron chi connectivity index (χ4n) is 4.15. The number of hydrogen-bond acceptors (Lipinski definition) is 4. The van der Waals surface area contributed by atoms with Crippen molar-refractivity contribution in [2.75, 3.05) is 14.2 Å². The fourth-order valence-corrected chi connectivity index (χ4v) is 4.64. The predicted molar refractivity (Wildman–Crippen MR) is 131 cm³/mol. The Morgan fingerprint density at radius 3 is 2.38 bits per heavy atom. The molecule has 0 amide bonds. The summed E-state index contributed by atoms with van der Waals surface area (Å²) < 4.78 is 13.2. The molecule has 0 unspecified atom stereocenters. The average molecular weight is 493 g/mol. The van der Waals surface area contributed by atoms with Crippen LogP contribution in [0.2, 0.25) is 0 Å². The summed E-state index contributed by atoms with van der Waals surface area (Å²) in [6.45, 7) is 4.31. The predicted octanol–water partition coefficient (Wildman–Crippen LogP) is 6.30. The van der Waals surface area contributed by atoms with Gasteiger partial charge in [-0.25, -0.2) is 0 Å². The monoisotopic (exact) mass is 492 g/mol. The number of carbonyl (C=O) groups excluding carboxylic acids is 1. The van der Waals surface area contributed by atoms with E-state index < -0.39 is 0 Å². The van der Waals surface area contributed by atoms with E-state index in [-0.39, 0.29) is 5.91 Å². The second-order valence-corrected chi connectivity index (χ2v) is 8.29. The molecule has 0 N–H and O–H groups in total. The first kappa shape index (κ1) is 22.1. The second-order valence-electron chi connectivity index (χ2n) is 7.44. The lowest BCUT2D eigenvalue weighted by molar-refractivity contribution is 0.0958. The second kappa shape index (κ2) is 9.17. The summed E-state index contributed by atoms with van der Waals surface area (Å²) in [5, 5.41) is 0.948. The third-order valence-corrected chi connectivity index (χ3v) is 6.38. The van der Waals surface area contributed by atoms with Crippen LogP contribution in [0.25, 0.3) is 22.2 Å². The van der Waals surface area contributed by atoms with Crippen molar-refractivity contribution in [1.82, 2.24) is 9.55 Å². The quantitative estimate of drug-likeness (QED) is 0.317. The summed E-state index contributed by atoms with van der Waals surface area (Å²) in [5.41, 5.74) is 5.75. The van der Waals surface area contributed by atoms with Gasteiger partial charge in [0, 0.05) is 17.1 Å². The minimum atomic E-state index is -0.243. The number of carbonyl (C=O) groups is 1. The van der Waals surface area contributed by atoms with Crippen LogP contribution in [0.4, 0.5) is 0 Å². The molecule has 2 heterocycles. The standard InChI is InChI=1S/C26H25BrN2O3/c1-5-16-8-7-9-17(6-2)23(16)20-14-18-12-13-29(21(18)15-28-20)26(30)24-22(31-3)11-10-19(27)25(24)32-4/h7-15H,5-6H2,1-4H3. The van der Waals surface area contributed by atoms with Gasteiger partial charge in [-0.05, 0) is 64.2 Å². The minimum Gasteiger partial charge on any atom is -0.496 e. The lowest BCUT2D eigenvalue weighted by Gasteiger charge is -2.15. The van der Waals surface area contributed by atoms with Crippen molar-refractivity contribution >= 4 is 32.7 Å². The zero-order valence-electron chi connectivity index (χ0n) is 18.6. The average Bonchev–Trinajstić information content (AvgIpc) is 3.25. The zero-order valence-corrected chi connectivity index (χ0v) is 20.2. The molecule has 0 spiro atoms. The number of aromatic nitrogens is 2. The van der Waals surface area contributed by atoms with Crippen molar-refractivity contribution in [2.45, 2.75) is 26.7 Å². The maximum atomic E-state index is 13.5. The van der Waals surface area contributed by atoms with Gasteiger partial charge in [-0.1, -0.05) is 32.0 Å². The molecule has 0 radical (unpaired) electrons. The molecule has 32 heavy (non-hydrogen) atoms. The van der Waals surface area contributed by atoms with Gasteiger partial charge in [0.25, 0.3) is 5.91 Å². The van der Waals surface area contributed by atoms with Gasteiger partial charge in [-0.2, -0.15) is 0 Å². The first-order valence-corrected chi connectivity index (χ1v) is 11.4. The van der Waals surface area contributed by atoms with Crippen molar-refractivity contribution in [2.24, 2.45) is 0 Å². The zero-order chi connectivity index (χ0) is 22.8. The van der Waals surface area contributed by atoms with Crippen molar-refractivity contribution in [3.8, 4) is 22.8 Å². The van der Waals surface area contributed by atoms with Crippen LogP contribution >= 0.6 is 15.9 Å². The van der Waals surface area contributed by atoms with E-state index in [1.165, 1.54) is 30.9 Å². The van der Waals surface area contributed by atoms with Crippen LogP contribution < -0.4 is 9.47 Å². The molecule has 0 atom stereocenters. The highest BCUT2D eigenvalue weighted by atomic mass is 79.9. The lowest BCUT2D eigenvalue weighted by Crippen LogP contribution is -2.14. The highest BCUT2D eigenvalue weighted by Gasteiger charge is 2.24. The Morgan fingerprint density at radius 1 is 1.03 bits per heavy atom. The highest BCUT2D eigenvalue weighted by Crippen LogP contribution is 2.37. The smallest absolute Gasteiger partial charge is 0.270 e. The number of pyridine rings is 1. The van der Waals surface area contributed by atoms with Crippen LogP contribution in [0.1, 0.15) is 35.3 Å². The van der Waals surface area contributed by atoms with Gasteiger partial charge in [-0.3, -0.25) is 14.3 Å². The third-order valence-electron chi connectivity index (χ3n) is 5.76. The van der Waals surface area contributed by atoms with E-state index in [2.05, 4.69) is 54.0 Å². The van der Waals surface area contributed by atoms with Crippen molar-refractivity contribution < 1.29 is 14.3 Å². The summed E-state index contributed by atoms with van der Waals surface area (Å²) in [7, 11) is 3.08. The molecule has 0 aliphatic rings. The summed E-state index contributed by atoms with van der Waals surface area (Å²) in [6, 6.07) is 14.0. The number of fused-ring (bicyclic) bond motifs is 1. The van der Waals surface area contributed by atoms with E-state index in [9.17, 15) is 4.79 Å². The molecule has 164 valence electrons. The van der Waals surface area contributed by atoms with Gasteiger partial charge in [0.1, 0.15) is 17.1 Å². The summed E-state index contributed by atoms with van der Waals surface area (Å²) in [4.78, 5) is 18.3. The number of hydrogen-bond donors (Lipinski definition) is 0. The Bertz CT molecular complexity index is 1290. The van der Waals surface area contributed by atoms with E-state index in [1.807, 2.05) is 6.07 Å². The van der Waals surface area contributed by atoms with Crippen LogP contribution in [-0.2, 0) is 12.8 Å². The van der Waals surface area contributed by atoms with Crippen molar-refractivity contribution in [3.05, 3.63) is 76.0 Å². The van der Waals surface area contributed by atoms with Gasteiger partial charge in [0.05, 0.1) is 36.1 Å². The largest absolute Gasteiger partial charge is 0.496 e. The number of ether oxygens (including phenoxy) is 2. The number of methoxy groups -OCH3 is 2. The van der Waals surface area contributed by atoms with Crippen molar-refractivity contribution in [3.63, 3.8) is 0 Å². The van der Waals surface area contributed by atoms with Gasteiger partial charge < -0.3 is 9.47 Å². The number of aryl methyl sites for hydroxylation is 2. The Kier molecular flexibility index (Phi) is 6.33. The topological polar surface area (TPSA) is 53.4 Å². The summed E-state index contributed by atoms with van der Waals surface area (Å²) in [5.74, 6) is 0.643. The van der Waals surface area contributed by atoms with Crippen LogP contribution in [0.5, 0.6) is 11.5 Å². The summed E-state index contributed by atoms with van der Waals surface area (Å²) >= 11 is 3.46. The molecule has 2 aromatic carbocycles. The molecule has 6 heteroatoms. The SMILES string of the molecule is CCc1cccc(CC)c1-c1cc2ccn(C(=O)c3c(OC)ccc(Br)c3OC)c2cn1. The molecule has 0 bridgehead atoms. The molecule has 0 fully saturated rings. The molecule has 0 saturated carbocycles. The Labute approximate surface area is 196 Å². The number of halogens is 1. The lowest BCUT2D eigenvalue weighted by atomic mass is 9.94. The molecular formula is C26H25BrN2O3. The Morgan fingerprint density at radius 2 is 1.75 bits per heavy atom. The van der Waals surface area contributed by atoms with Gasteiger partial charge in [0.2, 0.25) is 0 Å². The summed E-state index contributed by atoms with van der Waals surface area (Å²) in [6.07, 6.45) is 5.41. The van der Waals surface area contributed by atoms with Crippen LogP contribution in [0.15, 0.2) is 59.3 Å². The molecule has 2 aromatic heterocycles. The molecular weight excluding hydrogens is 468 g/mol. The Hall–Kier alpha value is -3.12. The molecule has 0 saturated heterocycles. The van der Waals surface area contributed by atoms with E-state index in [4.69, 9.17) is 14.5 Å². The van der Waals surface area contributed by atoms with Crippen LogP contribution in [0, 0.1) is 0 Å². The van der Waals surface area contributed by atoms with Crippen molar-refractivity contribution in [1.29, 1.82) is 0 Å². The van der Waals surface area contributed by atoms with E-state index in [1.54, 1.807) is 29.1 Å². The van der Waals surface area contributed by atoms with Crippen LogP contribution in [-0.4, -0.2) is 29.7 Å². The molecule has 5 nitrogen and oxygen atoms in total. The number of nitrogens with zero attached hydrogens (tertiary/aromatic N) is 2. The van der Waals surface area contributed by atoms with E-state index in [0.29, 0.717) is 21.5 Å². The maximum Gasteiger partial charge on any atom is 0.270 e. The first-order chi connectivity index (χ1) is 15.5. The van der Waals surface area contributed by atoms with E-state index in [0.717, 1.165) is 29.4 Å². The van der Waals surface area contributed by atoms with E-state index >= 15 is 0 Å².